The third-order valence-electron chi connectivity index (χ3n) is 15.2. The van der Waals surface area contributed by atoms with Crippen molar-refractivity contribution < 1.29 is 4.42 Å². The van der Waals surface area contributed by atoms with Gasteiger partial charge in [0.25, 0.3) is 0 Å². The molecular weight excluding hydrogens is 761 g/mol. The zero-order chi connectivity index (χ0) is 44.0. The molecule has 1 unspecified atom stereocenters. The molecule has 1 aromatic heterocycles. The van der Waals surface area contributed by atoms with Crippen molar-refractivity contribution in [1.29, 1.82) is 0 Å². The number of benzene rings is 7. The summed E-state index contributed by atoms with van der Waals surface area (Å²) in [7, 11) is 0. The van der Waals surface area contributed by atoms with Gasteiger partial charge in [-0.05, 0) is 133 Å². The number of furan rings is 1. The summed E-state index contributed by atoms with van der Waals surface area (Å²) in [4.78, 5) is 2.71. The number of para-hydroxylation sites is 1. The summed E-state index contributed by atoms with van der Waals surface area (Å²) in [6.07, 6.45) is 2.34. The van der Waals surface area contributed by atoms with Crippen LogP contribution in [0.3, 0.4) is 0 Å². The molecule has 314 valence electrons. The van der Waals surface area contributed by atoms with Gasteiger partial charge < -0.3 is 9.23 Å². The Morgan fingerprint density at radius 1 is 0.587 bits per heavy atom. The maximum atomic E-state index is 7.18. The number of aryl methyl sites for hydroxylation is 1. The fourth-order valence-corrected chi connectivity index (χ4v) is 11.6. The Bertz CT molecular complexity index is 3150. The van der Waals surface area contributed by atoms with Crippen molar-refractivity contribution in [2.45, 2.75) is 117 Å². The lowest BCUT2D eigenvalue weighted by atomic mass is 9.39. The first-order valence-corrected chi connectivity index (χ1v) is 23.3. The zero-order valence-electron chi connectivity index (χ0n) is 39.1. The normalized spacial score (nSPS) is 17.3. The first kappa shape index (κ1) is 40.0. The predicted octanol–water partition coefficient (Wildman–Crippen LogP) is 14.9. The van der Waals surface area contributed by atoms with Crippen molar-refractivity contribution in [3.8, 4) is 22.3 Å². The predicted molar refractivity (Wildman–Crippen MR) is 269 cm³/mol. The molecule has 63 heavy (non-hydrogen) atoms. The summed E-state index contributed by atoms with van der Waals surface area (Å²) in [5.41, 5.74) is 23.4. The van der Waals surface area contributed by atoms with E-state index in [2.05, 4.69) is 214 Å². The van der Waals surface area contributed by atoms with Crippen molar-refractivity contribution in [3.63, 3.8) is 0 Å². The van der Waals surface area contributed by atoms with E-state index in [1.54, 1.807) is 0 Å². The van der Waals surface area contributed by atoms with Crippen LogP contribution in [-0.4, -0.2) is 6.85 Å². The van der Waals surface area contributed by atoms with E-state index in [4.69, 9.17) is 4.42 Å². The van der Waals surface area contributed by atoms with E-state index in [1.807, 2.05) is 0 Å². The molecule has 0 fully saturated rings. The van der Waals surface area contributed by atoms with Gasteiger partial charge in [-0.2, -0.15) is 0 Å². The molecule has 11 rings (SSSR count). The highest BCUT2D eigenvalue weighted by Gasteiger charge is 2.49. The first-order chi connectivity index (χ1) is 29.9. The Morgan fingerprint density at radius 2 is 1.24 bits per heavy atom. The summed E-state index contributed by atoms with van der Waals surface area (Å²) in [5.74, 6) is -0.0851. The molecule has 2 nitrogen and oxygen atoms in total. The lowest BCUT2D eigenvalue weighted by molar-refractivity contribution is 0.332. The van der Waals surface area contributed by atoms with Crippen LogP contribution in [0.15, 0.2) is 138 Å². The molecule has 0 amide bonds. The monoisotopic (exact) mass is 821 g/mol. The Morgan fingerprint density at radius 3 is 1.94 bits per heavy atom. The van der Waals surface area contributed by atoms with E-state index in [0.717, 1.165) is 16.6 Å². The van der Waals surface area contributed by atoms with Crippen LogP contribution in [0.25, 0.3) is 44.2 Å². The van der Waals surface area contributed by atoms with E-state index in [1.165, 1.54) is 107 Å². The van der Waals surface area contributed by atoms with Crippen molar-refractivity contribution in [3.05, 3.63) is 178 Å². The lowest BCUT2D eigenvalue weighted by Crippen LogP contribution is -2.62. The highest BCUT2D eigenvalue weighted by Crippen LogP contribution is 2.54. The van der Waals surface area contributed by atoms with Crippen LogP contribution in [0.1, 0.15) is 133 Å². The highest BCUT2D eigenvalue weighted by atomic mass is 16.3. The molecule has 0 saturated carbocycles. The number of fused-ring (bicyclic) bond motifs is 9. The second kappa shape index (κ2) is 13.6. The minimum atomic E-state index is -0.0851. The summed E-state index contributed by atoms with van der Waals surface area (Å²) in [5, 5.41) is 2.34. The molecule has 3 aliphatic rings. The van der Waals surface area contributed by atoms with Crippen molar-refractivity contribution >= 4 is 51.1 Å². The van der Waals surface area contributed by atoms with E-state index in [0.29, 0.717) is 0 Å². The largest absolute Gasteiger partial charge is 0.456 e. The molecule has 3 heterocycles. The minimum Gasteiger partial charge on any atom is -0.456 e. The third-order valence-corrected chi connectivity index (χ3v) is 15.2. The second-order valence-corrected chi connectivity index (χ2v) is 22.5. The topological polar surface area (TPSA) is 16.4 Å². The lowest BCUT2D eigenvalue weighted by Gasteiger charge is -2.47. The highest BCUT2D eigenvalue weighted by molar-refractivity contribution is 6.92. The molecule has 0 bridgehead atoms. The number of hydrogen-bond acceptors (Lipinski definition) is 2. The molecule has 0 spiro atoms. The Hall–Kier alpha value is -5.80. The molecule has 7 aromatic carbocycles. The van der Waals surface area contributed by atoms with Gasteiger partial charge in [-0.15, -0.1) is 0 Å². The van der Waals surface area contributed by atoms with Crippen molar-refractivity contribution in [2.75, 3.05) is 4.81 Å². The van der Waals surface area contributed by atoms with E-state index >= 15 is 0 Å². The van der Waals surface area contributed by atoms with Crippen LogP contribution in [-0.2, 0) is 21.7 Å². The molecule has 0 saturated heterocycles. The molecule has 8 aromatic rings. The summed E-state index contributed by atoms with van der Waals surface area (Å²) >= 11 is 0. The number of anilines is 2. The zero-order valence-corrected chi connectivity index (χ0v) is 39.1. The number of hydrogen-bond donors (Lipinski definition) is 0. The summed E-state index contributed by atoms with van der Waals surface area (Å²) < 4.78 is 7.18. The molecule has 1 atom stereocenters. The van der Waals surface area contributed by atoms with Gasteiger partial charge in [0.15, 0.2) is 0 Å². The molecule has 2 aliphatic heterocycles. The summed E-state index contributed by atoms with van der Waals surface area (Å²) in [6, 6.07) is 51.6. The second-order valence-electron chi connectivity index (χ2n) is 22.5. The smallest absolute Gasteiger partial charge is 0.329 e. The third kappa shape index (κ3) is 6.12. The summed E-state index contributed by atoms with van der Waals surface area (Å²) in [6.45, 7) is 26.0. The first-order valence-electron chi connectivity index (χ1n) is 23.3. The van der Waals surface area contributed by atoms with Crippen LogP contribution < -0.4 is 15.7 Å². The van der Waals surface area contributed by atoms with Gasteiger partial charge in [0.1, 0.15) is 11.2 Å². The van der Waals surface area contributed by atoms with Crippen molar-refractivity contribution in [2.24, 2.45) is 0 Å². The average molecular weight is 822 g/mol. The Balaban J connectivity index is 1.30. The Kier molecular flexibility index (Phi) is 8.64. The van der Waals surface area contributed by atoms with Gasteiger partial charge in [0.05, 0.1) is 0 Å². The molecular formula is C60H60BNO. The standard InChI is InChI=1S/C60H60BNO/c1-36-31-46-45-34-48-49(60(10,11)30-29-59(48,8)9)35-51(45)62(40-24-21-38(22-25-40)57(2,3)4)61-50-28-27-43-41-19-15-16-20-52(41)63-56(43)54(50)53(47(32-36)55(46)61)42-26-23-39(58(5,6)7)33-44(42)37-17-13-12-14-18-37/h12-28,31-35,53H,29-30H2,1-11H3. The molecule has 0 radical (unpaired) electrons. The Labute approximate surface area is 375 Å². The van der Waals surface area contributed by atoms with E-state index < -0.39 is 0 Å². The van der Waals surface area contributed by atoms with Gasteiger partial charge in [-0.3, -0.25) is 0 Å². The number of nitrogens with zero attached hydrogens (tertiary/aromatic N) is 1. The van der Waals surface area contributed by atoms with E-state index in [9.17, 15) is 0 Å². The van der Waals surface area contributed by atoms with Crippen LogP contribution in [0, 0.1) is 6.92 Å². The maximum absolute atomic E-state index is 7.18. The minimum absolute atomic E-state index is 0.0135. The molecule has 1 aliphatic carbocycles. The SMILES string of the molecule is Cc1cc2c3c(c1)C(c1ccc(C(C)(C)C)cc1-c1ccccc1)c1c(ccc4c1oc1ccccc14)B3N(c1ccc(C(C)(C)C)cc1)c1cc3c(cc1-2)C(C)(C)CCC3(C)C. The fourth-order valence-electron chi connectivity index (χ4n) is 11.6. The van der Waals surface area contributed by atoms with Gasteiger partial charge in [-0.25, -0.2) is 0 Å². The van der Waals surface area contributed by atoms with Gasteiger partial charge in [-0.1, -0.05) is 178 Å². The van der Waals surface area contributed by atoms with Gasteiger partial charge >= 0.3 is 6.85 Å². The van der Waals surface area contributed by atoms with E-state index in [-0.39, 0.29) is 34.4 Å². The van der Waals surface area contributed by atoms with Crippen molar-refractivity contribution in [1.82, 2.24) is 0 Å². The number of rotatable bonds is 3. The molecule has 3 heteroatoms. The van der Waals surface area contributed by atoms with Gasteiger partial charge in [0.2, 0.25) is 0 Å². The van der Waals surface area contributed by atoms with Crippen LogP contribution >= 0.6 is 0 Å². The van der Waals surface area contributed by atoms with Gasteiger partial charge in [0, 0.05) is 39.2 Å². The van der Waals surface area contributed by atoms with Crippen LogP contribution in [0.4, 0.5) is 11.4 Å². The quantitative estimate of drug-likeness (QED) is 0.165. The fraction of sp³-hybridized carbons (Fsp3) is 0.300. The van der Waals surface area contributed by atoms with Crippen LogP contribution in [0.5, 0.6) is 0 Å². The maximum Gasteiger partial charge on any atom is 0.329 e. The average Bonchev–Trinajstić information content (AvgIpc) is 3.64. The van der Waals surface area contributed by atoms with Crippen LogP contribution in [0.2, 0.25) is 0 Å². The molecule has 0 N–H and O–H groups in total.